The number of rotatable bonds is 9. The second-order valence-corrected chi connectivity index (χ2v) is 6.33. The average molecular weight is 392 g/mol. The zero-order chi connectivity index (χ0) is 19.8. The number of amides is 1. The molecule has 0 aliphatic heterocycles. The van der Waals surface area contributed by atoms with Gasteiger partial charge in [-0.1, -0.05) is 42.8 Å². The molecule has 2 N–H and O–H groups in total. The van der Waals surface area contributed by atoms with E-state index < -0.39 is 18.7 Å². The van der Waals surface area contributed by atoms with Crippen molar-refractivity contribution in [1.29, 1.82) is 0 Å². The number of ether oxygens (including phenoxy) is 2. The van der Waals surface area contributed by atoms with Crippen LogP contribution in [0.2, 0.25) is 5.02 Å². The largest absolute Gasteiger partial charge is 0.482 e. The summed E-state index contributed by atoms with van der Waals surface area (Å²) in [6.07, 6.45) is -0.170. The van der Waals surface area contributed by atoms with E-state index in [1.807, 2.05) is 13.8 Å². The van der Waals surface area contributed by atoms with E-state index in [1.54, 1.807) is 48.5 Å². The lowest BCUT2D eigenvalue weighted by Gasteiger charge is -2.21. The highest BCUT2D eigenvalue weighted by molar-refractivity contribution is 6.32. The molecule has 7 heteroatoms. The van der Waals surface area contributed by atoms with Crippen LogP contribution in [0.3, 0.4) is 0 Å². The topological polar surface area (TPSA) is 84.9 Å². The van der Waals surface area contributed by atoms with E-state index in [-0.39, 0.29) is 11.9 Å². The molecule has 2 unspecified atom stereocenters. The number of carbonyl (C=O) groups excluding carboxylic acids is 1. The summed E-state index contributed by atoms with van der Waals surface area (Å²) in [5.41, 5.74) is 0.860. The zero-order valence-electron chi connectivity index (χ0n) is 15.1. The first-order chi connectivity index (χ1) is 12.9. The maximum Gasteiger partial charge on any atom is 0.341 e. The fourth-order valence-corrected chi connectivity index (χ4v) is 2.58. The summed E-state index contributed by atoms with van der Waals surface area (Å²) in [6, 6.07) is 13.6. The number of benzene rings is 2. The Morgan fingerprint density at radius 2 is 1.81 bits per heavy atom. The Morgan fingerprint density at radius 1 is 1.15 bits per heavy atom. The van der Waals surface area contributed by atoms with Crippen LogP contribution < -0.4 is 14.8 Å². The van der Waals surface area contributed by atoms with Gasteiger partial charge >= 0.3 is 5.97 Å². The minimum Gasteiger partial charge on any atom is -0.482 e. The third-order valence-electron chi connectivity index (χ3n) is 3.87. The van der Waals surface area contributed by atoms with E-state index in [9.17, 15) is 9.59 Å². The van der Waals surface area contributed by atoms with Crippen LogP contribution in [0.5, 0.6) is 11.5 Å². The van der Waals surface area contributed by atoms with Gasteiger partial charge in [-0.05, 0) is 43.2 Å². The third kappa shape index (κ3) is 6.18. The van der Waals surface area contributed by atoms with Gasteiger partial charge in [0.15, 0.2) is 12.7 Å². The van der Waals surface area contributed by atoms with Crippen molar-refractivity contribution in [2.75, 3.05) is 6.61 Å². The van der Waals surface area contributed by atoms with Crippen LogP contribution in [0, 0.1) is 0 Å². The predicted molar refractivity (Wildman–Crippen MR) is 102 cm³/mol. The van der Waals surface area contributed by atoms with Crippen LogP contribution in [-0.2, 0) is 9.59 Å². The van der Waals surface area contributed by atoms with Gasteiger partial charge in [0.1, 0.15) is 11.5 Å². The fraction of sp³-hybridized carbons (Fsp3) is 0.300. The van der Waals surface area contributed by atoms with E-state index >= 15 is 0 Å². The Labute approximate surface area is 163 Å². The standard InChI is InChI=1S/C20H22ClNO5/c1-3-17(27-18-7-5-4-6-16(18)21)20(25)22-13(2)14-8-10-15(11-9-14)26-12-19(23)24/h4-11,13,17H,3,12H2,1-2H3,(H,22,25)(H,23,24). The number of hydrogen-bond donors (Lipinski definition) is 2. The van der Waals surface area contributed by atoms with Crippen molar-refractivity contribution in [1.82, 2.24) is 5.32 Å². The molecule has 0 aliphatic carbocycles. The molecule has 2 rings (SSSR count). The highest BCUT2D eigenvalue weighted by Crippen LogP contribution is 2.25. The SMILES string of the molecule is CCC(Oc1ccccc1Cl)C(=O)NC(C)c1ccc(OCC(=O)O)cc1. The van der Waals surface area contributed by atoms with E-state index in [0.29, 0.717) is 22.9 Å². The molecule has 0 aliphatic rings. The second-order valence-electron chi connectivity index (χ2n) is 5.93. The Balaban J connectivity index is 1.96. The summed E-state index contributed by atoms with van der Waals surface area (Å²) in [6.45, 7) is 3.32. The number of hydrogen-bond acceptors (Lipinski definition) is 4. The molecule has 0 heterocycles. The normalized spacial score (nSPS) is 12.7. The van der Waals surface area contributed by atoms with Crippen LogP contribution in [0.1, 0.15) is 31.9 Å². The van der Waals surface area contributed by atoms with E-state index in [4.69, 9.17) is 26.2 Å². The van der Waals surface area contributed by atoms with E-state index in [1.165, 1.54) is 0 Å². The van der Waals surface area contributed by atoms with Crippen LogP contribution in [0.25, 0.3) is 0 Å². The van der Waals surface area contributed by atoms with Crippen molar-refractivity contribution in [3.63, 3.8) is 0 Å². The van der Waals surface area contributed by atoms with Gasteiger partial charge in [0, 0.05) is 0 Å². The molecular weight excluding hydrogens is 370 g/mol. The van der Waals surface area contributed by atoms with Crippen molar-refractivity contribution in [3.8, 4) is 11.5 Å². The van der Waals surface area contributed by atoms with Gasteiger partial charge < -0.3 is 19.9 Å². The molecule has 0 saturated carbocycles. The third-order valence-corrected chi connectivity index (χ3v) is 4.18. The summed E-state index contributed by atoms with van der Waals surface area (Å²) >= 11 is 6.09. The van der Waals surface area contributed by atoms with Gasteiger partial charge in [-0.3, -0.25) is 4.79 Å². The molecule has 2 aromatic rings. The summed E-state index contributed by atoms with van der Waals surface area (Å²) < 4.78 is 10.8. The number of carbonyl (C=O) groups is 2. The first-order valence-electron chi connectivity index (χ1n) is 8.56. The van der Waals surface area contributed by atoms with Crippen LogP contribution >= 0.6 is 11.6 Å². The number of nitrogens with one attached hydrogen (secondary N) is 1. The Hall–Kier alpha value is -2.73. The number of aliphatic carboxylic acids is 1. The fourth-order valence-electron chi connectivity index (χ4n) is 2.40. The number of carboxylic acids is 1. The Kier molecular flexibility index (Phi) is 7.49. The number of halogens is 1. The van der Waals surface area contributed by atoms with E-state index in [2.05, 4.69) is 5.32 Å². The quantitative estimate of drug-likeness (QED) is 0.678. The monoisotopic (exact) mass is 391 g/mol. The summed E-state index contributed by atoms with van der Waals surface area (Å²) in [4.78, 5) is 23.1. The Bertz CT molecular complexity index is 778. The maximum absolute atomic E-state index is 12.5. The average Bonchev–Trinajstić information content (AvgIpc) is 2.66. The second kappa shape index (κ2) is 9.83. The summed E-state index contributed by atoms with van der Waals surface area (Å²) in [5.74, 6) is -0.359. The molecule has 144 valence electrons. The first-order valence-corrected chi connectivity index (χ1v) is 8.94. The van der Waals surface area contributed by atoms with Crippen molar-refractivity contribution in [3.05, 3.63) is 59.1 Å². The van der Waals surface area contributed by atoms with Gasteiger partial charge in [0.2, 0.25) is 0 Å². The smallest absolute Gasteiger partial charge is 0.341 e. The zero-order valence-corrected chi connectivity index (χ0v) is 15.9. The molecule has 6 nitrogen and oxygen atoms in total. The van der Waals surface area contributed by atoms with Gasteiger partial charge in [-0.25, -0.2) is 4.79 Å². The minimum absolute atomic E-state index is 0.240. The molecular formula is C20H22ClNO5. The Morgan fingerprint density at radius 3 is 2.41 bits per heavy atom. The van der Waals surface area contributed by atoms with Crippen molar-refractivity contribution >= 4 is 23.5 Å². The summed E-state index contributed by atoms with van der Waals surface area (Å²) in [5, 5.41) is 12.0. The van der Waals surface area contributed by atoms with Crippen molar-refractivity contribution in [2.24, 2.45) is 0 Å². The number of para-hydroxylation sites is 1. The number of carboxylic acid groups (broad SMARTS) is 1. The van der Waals surface area contributed by atoms with E-state index in [0.717, 1.165) is 5.56 Å². The molecule has 2 aromatic carbocycles. The van der Waals surface area contributed by atoms with Crippen molar-refractivity contribution < 1.29 is 24.2 Å². The lowest BCUT2D eigenvalue weighted by Crippen LogP contribution is -2.39. The molecule has 0 fully saturated rings. The molecule has 0 saturated heterocycles. The van der Waals surface area contributed by atoms with Gasteiger partial charge in [-0.2, -0.15) is 0 Å². The molecule has 2 atom stereocenters. The summed E-state index contributed by atoms with van der Waals surface area (Å²) in [7, 11) is 0. The van der Waals surface area contributed by atoms with Gasteiger partial charge in [-0.15, -0.1) is 0 Å². The molecule has 0 spiro atoms. The van der Waals surface area contributed by atoms with Crippen LogP contribution in [-0.4, -0.2) is 29.7 Å². The van der Waals surface area contributed by atoms with Crippen LogP contribution in [0.4, 0.5) is 0 Å². The van der Waals surface area contributed by atoms with Crippen LogP contribution in [0.15, 0.2) is 48.5 Å². The van der Waals surface area contributed by atoms with Gasteiger partial charge in [0.25, 0.3) is 5.91 Å². The molecule has 0 bridgehead atoms. The molecule has 0 radical (unpaired) electrons. The molecule has 0 aromatic heterocycles. The first kappa shape index (κ1) is 20.6. The van der Waals surface area contributed by atoms with Gasteiger partial charge in [0.05, 0.1) is 11.1 Å². The predicted octanol–water partition coefficient (Wildman–Crippen LogP) is 3.84. The highest BCUT2D eigenvalue weighted by Gasteiger charge is 2.21. The van der Waals surface area contributed by atoms with Crippen molar-refractivity contribution in [2.45, 2.75) is 32.4 Å². The lowest BCUT2D eigenvalue weighted by atomic mass is 10.1. The highest BCUT2D eigenvalue weighted by atomic mass is 35.5. The maximum atomic E-state index is 12.5. The molecule has 27 heavy (non-hydrogen) atoms. The minimum atomic E-state index is -1.04. The lowest BCUT2D eigenvalue weighted by molar-refractivity contribution is -0.139. The molecule has 1 amide bonds.